The molecule has 3 aromatic rings. The van der Waals surface area contributed by atoms with Crippen LogP contribution in [0, 0.1) is 0 Å². The zero-order chi connectivity index (χ0) is 24.5. The molecule has 0 aliphatic carbocycles. The van der Waals surface area contributed by atoms with Gasteiger partial charge >= 0.3 is 0 Å². The zero-order valence-electron chi connectivity index (χ0n) is 19.5. The highest BCUT2D eigenvalue weighted by molar-refractivity contribution is 6.30. The lowest BCUT2D eigenvalue weighted by atomic mass is 10.0. The van der Waals surface area contributed by atoms with Crippen LogP contribution in [-0.4, -0.2) is 28.8 Å². The van der Waals surface area contributed by atoms with Crippen LogP contribution in [-0.2, 0) is 29.0 Å². The van der Waals surface area contributed by atoms with Crippen molar-refractivity contribution in [2.45, 2.75) is 51.7 Å². The van der Waals surface area contributed by atoms with Crippen LogP contribution in [0.15, 0.2) is 78.9 Å². The van der Waals surface area contributed by atoms with E-state index in [1.165, 1.54) is 0 Å². The fourth-order valence-corrected chi connectivity index (χ4v) is 4.04. The highest BCUT2D eigenvalue weighted by Gasteiger charge is 2.31. The van der Waals surface area contributed by atoms with Crippen molar-refractivity contribution in [3.8, 4) is 0 Å². The summed E-state index contributed by atoms with van der Waals surface area (Å²) in [6.07, 6.45) is 1.37. The first-order chi connectivity index (χ1) is 16.4. The van der Waals surface area contributed by atoms with Crippen LogP contribution in [0.3, 0.4) is 0 Å². The Bertz CT molecular complexity index is 1090. The fraction of sp³-hybridized carbons (Fsp3) is 0.286. The standard InChI is InChI=1S/C28H30Cl2N2O2/c1-3-20(2)31-28(34)26(17-21-8-5-4-6-9-21)32(19-22-12-14-24(29)15-13-22)27(33)18-23-10-7-11-25(30)16-23/h4-16,20,26H,3,17-19H2,1-2H3,(H,31,34)/t20-,26+/m1/s1. The first-order valence-electron chi connectivity index (χ1n) is 11.5. The molecule has 4 nitrogen and oxygen atoms in total. The van der Waals surface area contributed by atoms with E-state index in [1.807, 2.05) is 68.4 Å². The number of halogens is 2. The van der Waals surface area contributed by atoms with Gasteiger partial charge < -0.3 is 10.2 Å². The van der Waals surface area contributed by atoms with Gasteiger partial charge in [0.05, 0.1) is 6.42 Å². The molecular weight excluding hydrogens is 467 g/mol. The number of carbonyl (C=O) groups excluding carboxylic acids is 2. The van der Waals surface area contributed by atoms with Gasteiger partial charge in [0.15, 0.2) is 0 Å². The second-order valence-corrected chi connectivity index (χ2v) is 9.35. The predicted molar refractivity (Wildman–Crippen MR) is 139 cm³/mol. The number of hydrogen-bond donors (Lipinski definition) is 1. The Balaban J connectivity index is 1.96. The van der Waals surface area contributed by atoms with Gasteiger partial charge in [-0.15, -0.1) is 0 Å². The van der Waals surface area contributed by atoms with Gasteiger partial charge in [-0.3, -0.25) is 9.59 Å². The Kier molecular flexibility index (Phi) is 9.55. The summed E-state index contributed by atoms with van der Waals surface area (Å²) >= 11 is 12.2. The van der Waals surface area contributed by atoms with Crippen LogP contribution in [0.5, 0.6) is 0 Å². The third kappa shape index (κ3) is 7.61. The second kappa shape index (κ2) is 12.6. The smallest absolute Gasteiger partial charge is 0.243 e. The van der Waals surface area contributed by atoms with Crippen molar-refractivity contribution in [3.05, 3.63) is 106 Å². The molecule has 0 bridgehead atoms. The average molecular weight is 497 g/mol. The second-order valence-electron chi connectivity index (χ2n) is 8.48. The van der Waals surface area contributed by atoms with E-state index in [2.05, 4.69) is 5.32 Å². The van der Waals surface area contributed by atoms with E-state index in [4.69, 9.17) is 23.2 Å². The van der Waals surface area contributed by atoms with Crippen molar-refractivity contribution in [2.24, 2.45) is 0 Å². The summed E-state index contributed by atoms with van der Waals surface area (Å²) in [7, 11) is 0. The summed E-state index contributed by atoms with van der Waals surface area (Å²) in [5, 5.41) is 4.27. The van der Waals surface area contributed by atoms with Gasteiger partial charge in [-0.25, -0.2) is 0 Å². The monoisotopic (exact) mass is 496 g/mol. The highest BCUT2D eigenvalue weighted by atomic mass is 35.5. The summed E-state index contributed by atoms with van der Waals surface area (Å²) in [5.74, 6) is -0.302. The molecule has 0 unspecified atom stereocenters. The molecule has 3 aromatic carbocycles. The maximum Gasteiger partial charge on any atom is 0.243 e. The minimum Gasteiger partial charge on any atom is -0.352 e. The molecule has 178 valence electrons. The minimum absolute atomic E-state index is 0.00573. The topological polar surface area (TPSA) is 49.4 Å². The van der Waals surface area contributed by atoms with Crippen molar-refractivity contribution in [1.82, 2.24) is 10.2 Å². The lowest BCUT2D eigenvalue weighted by Crippen LogP contribution is -2.52. The molecular formula is C28H30Cl2N2O2. The van der Waals surface area contributed by atoms with Crippen molar-refractivity contribution in [2.75, 3.05) is 0 Å². The molecule has 6 heteroatoms. The van der Waals surface area contributed by atoms with Crippen LogP contribution < -0.4 is 5.32 Å². The molecule has 2 amide bonds. The number of nitrogens with one attached hydrogen (secondary N) is 1. The maximum atomic E-state index is 13.7. The summed E-state index contributed by atoms with van der Waals surface area (Å²) in [6, 6.07) is 23.7. The third-order valence-electron chi connectivity index (χ3n) is 5.78. The summed E-state index contributed by atoms with van der Waals surface area (Å²) < 4.78 is 0. The number of nitrogens with zero attached hydrogens (tertiary/aromatic N) is 1. The first kappa shape index (κ1) is 25.8. The molecule has 0 saturated heterocycles. The van der Waals surface area contributed by atoms with E-state index in [-0.39, 0.29) is 24.3 Å². The lowest BCUT2D eigenvalue weighted by molar-refractivity contribution is -0.141. The summed E-state index contributed by atoms with van der Waals surface area (Å²) in [4.78, 5) is 28.8. The van der Waals surface area contributed by atoms with Crippen LogP contribution in [0.2, 0.25) is 10.0 Å². The van der Waals surface area contributed by atoms with E-state index in [1.54, 1.807) is 29.2 Å². The minimum atomic E-state index is -0.668. The Labute approximate surface area is 211 Å². The first-order valence-corrected chi connectivity index (χ1v) is 12.2. The molecule has 0 radical (unpaired) electrons. The van der Waals surface area contributed by atoms with Crippen molar-refractivity contribution >= 4 is 35.0 Å². The van der Waals surface area contributed by atoms with Crippen molar-refractivity contribution < 1.29 is 9.59 Å². The van der Waals surface area contributed by atoms with Crippen molar-refractivity contribution in [3.63, 3.8) is 0 Å². The predicted octanol–water partition coefficient (Wildman–Crippen LogP) is 6.09. The molecule has 0 aliphatic rings. The highest BCUT2D eigenvalue weighted by Crippen LogP contribution is 2.19. The van der Waals surface area contributed by atoms with E-state index >= 15 is 0 Å². The molecule has 0 fully saturated rings. The molecule has 0 spiro atoms. The lowest BCUT2D eigenvalue weighted by Gasteiger charge is -2.32. The van der Waals surface area contributed by atoms with Gasteiger partial charge in [0.2, 0.25) is 11.8 Å². The molecule has 0 heterocycles. The molecule has 0 aromatic heterocycles. The summed E-state index contributed by atoms with van der Waals surface area (Å²) in [5.41, 5.74) is 2.70. The van der Waals surface area contributed by atoms with Crippen LogP contribution >= 0.6 is 23.2 Å². The van der Waals surface area contributed by atoms with E-state index in [0.29, 0.717) is 23.0 Å². The van der Waals surface area contributed by atoms with E-state index in [9.17, 15) is 9.59 Å². The van der Waals surface area contributed by atoms with Gasteiger partial charge in [0.1, 0.15) is 6.04 Å². The van der Waals surface area contributed by atoms with Gasteiger partial charge in [0.25, 0.3) is 0 Å². The average Bonchev–Trinajstić information content (AvgIpc) is 2.83. The fourth-order valence-electron chi connectivity index (χ4n) is 3.70. The quantitative estimate of drug-likeness (QED) is 0.369. The van der Waals surface area contributed by atoms with Gasteiger partial charge in [-0.1, -0.05) is 84.7 Å². The van der Waals surface area contributed by atoms with Crippen LogP contribution in [0.25, 0.3) is 0 Å². The number of rotatable bonds is 10. The summed E-state index contributed by atoms with van der Waals surface area (Å²) in [6.45, 7) is 4.28. The molecule has 3 rings (SSSR count). The Morgan fingerprint density at radius 2 is 1.53 bits per heavy atom. The molecule has 1 N–H and O–H groups in total. The van der Waals surface area contributed by atoms with Crippen molar-refractivity contribution in [1.29, 1.82) is 0 Å². The van der Waals surface area contributed by atoms with Crippen LogP contribution in [0.4, 0.5) is 0 Å². The Morgan fingerprint density at radius 1 is 0.853 bits per heavy atom. The van der Waals surface area contributed by atoms with E-state index < -0.39 is 6.04 Å². The molecule has 34 heavy (non-hydrogen) atoms. The Hall–Kier alpha value is -2.82. The molecule has 2 atom stereocenters. The van der Waals surface area contributed by atoms with E-state index in [0.717, 1.165) is 23.1 Å². The SMILES string of the molecule is CC[C@@H](C)NC(=O)[C@H](Cc1ccccc1)N(Cc1ccc(Cl)cc1)C(=O)Cc1cccc(Cl)c1. The number of hydrogen-bond acceptors (Lipinski definition) is 2. The van der Waals surface area contributed by atoms with Gasteiger partial charge in [-0.2, -0.15) is 0 Å². The zero-order valence-corrected chi connectivity index (χ0v) is 21.0. The normalized spacial score (nSPS) is 12.6. The maximum absolute atomic E-state index is 13.7. The Morgan fingerprint density at radius 3 is 2.18 bits per heavy atom. The number of carbonyl (C=O) groups is 2. The number of benzene rings is 3. The van der Waals surface area contributed by atoms with Gasteiger partial charge in [-0.05, 0) is 54.3 Å². The van der Waals surface area contributed by atoms with Crippen LogP contribution in [0.1, 0.15) is 37.0 Å². The molecule has 0 aliphatic heterocycles. The molecule has 0 saturated carbocycles. The largest absolute Gasteiger partial charge is 0.352 e. The van der Waals surface area contributed by atoms with Gasteiger partial charge in [0, 0.05) is 29.1 Å². The number of amides is 2. The third-order valence-corrected chi connectivity index (χ3v) is 6.27.